The fourth-order valence-electron chi connectivity index (χ4n) is 4.60. The number of benzene rings is 2. The molecule has 0 aliphatic carbocycles. The number of piperidine rings is 1. The molecular formula is C23H28ClN3O4S. The first-order chi connectivity index (χ1) is 15.2. The number of carbonyl (C=O) groups is 2. The maximum atomic E-state index is 13.0. The van der Waals surface area contributed by atoms with Crippen molar-refractivity contribution < 1.29 is 18.0 Å². The molecule has 4 rings (SSSR count). The molecule has 2 aliphatic heterocycles. The van der Waals surface area contributed by atoms with Crippen LogP contribution in [0.15, 0.2) is 41.3 Å². The van der Waals surface area contributed by atoms with Gasteiger partial charge in [-0.2, -0.15) is 4.72 Å². The number of amides is 2. The molecule has 2 fully saturated rings. The number of likely N-dealkylation sites (tertiary alicyclic amines) is 2. The second kappa shape index (κ2) is 9.00. The van der Waals surface area contributed by atoms with Gasteiger partial charge in [-0.15, -0.1) is 0 Å². The lowest BCUT2D eigenvalue weighted by Gasteiger charge is -2.35. The zero-order valence-electron chi connectivity index (χ0n) is 18.3. The van der Waals surface area contributed by atoms with Crippen LogP contribution in [0.3, 0.4) is 0 Å². The maximum Gasteiger partial charge on any atom is 0.245 e. The summed E-state index contributed by atoms with van der Waals surface area (Å²) in [6.45, 7) is 5.61. The molecule has 32 heavy (non-hydrogen) atoms. The highest BCUT2D eigenvalue weighted by molar-refractivity contribution is 7.89. The minimum absolute atomic E-state index is 0.0680. The van der Waals surface area contributed by atoms with Gasteiger partial charge in [0.2, 0.25) is 21.8 Å². The Morgan fingerprint density at radius 2 is 1.84 bits per heavy atom. The standard InChI is InChI=1S/C23H28ClN3O4S/c1-15-4-3-10-26(14-15)22(28)16(2)27-11-9-21(23(27)29)25-32(30,31)20-8-6-17-12-19(24)7-5-18(17)13-20/h5-8,12-13,15-16,21,25H,3-4,9-11,14H2,1-2H3/t15?,16-,21+/m1/s1. The largest absolute Gasteiger partial charge is 0.341 e. The van der Waals surface area contributed by atoms with Gasteiger partial charge < -0.3 is 9.80 Å². The van der Waals surface area contributed by atoms with E-state index in [1.54, 1.807) is 37.3 Å². The molecule has 2 heterocycles. The van der Waals surface area contributed by atoms with Crippen molar-refractivity contribution in [2.75, 3.05) is 19.6 Å². The highest BCUT2D eigenvalue weighted by atomic mass is 35.5. The Hall–Kier alpha value is -2.16. The van der Waals surface area contributed by atoms with Crippen LogP contribution in [-0.4, -0.2) is 61.7 Å². The van der Waals surface area contributed by atoms with Gasteiger partial charge in [-0.25, -0.2) is 8.42 Å². The van der Waals surface area contributed by atoms with Crippen LogP contribution in [0, 0.1) is 5.92 Å². The van der Waals surface area contributed by atoms with Crippen LogP contribution in [0.2, 0.25) is 5.02 Å². The molecule has 0 saturated carbocycles. The molecule has 2 amide bonds. The Kier molecular flexibility index (Phi) is 6.47. The first-order valence-electron chi connectivity index (χ1n) is 11.0. The lowest BCUT2D eigenvalue weighted by molar-refractivity contribution is -0.144. The molecule has 3 atom stereocenters. The summed E-state index contributed by atoms with van der Waals surface area (Å²) in [4.78, 5) is 29.3. The van der Waals surface area contributed by atoms with E-state index in [1.165, 1.54) is 11.0 Å². The van der Waals surface area contributed by atoms with E-state index in [0.29, 0.717) is 37.0 Å². The van der Waals surface area contributed by atoms with E-state index in [2.05, 4.69) is 11.6 Å². The van der Waals surface area contributed by atoms with Crippen LogP contribution in [0.5, 0.6) is 0 Å². The van der Waals surface area contributed by atoms with E-state index >= 15 is 0 Å². The van der Waals surface area contributed by atoms with Crippen molar-refractivity contribution in [3.63, 3.8) is 0 Å². The van der Waals surface area contributed by atoms with E-state index in [9.17, 15) is 18.0 Å². The fourth-order valence-corrected chi connectivity index (χ4v) is 6.04. The van der Waals surface area contributed by atoms with Crippen molar-refractivity contribution in [1.29, 1.82) is 0 Å². The number of nitrogens with one attached hydrogen (secondary N) is 1. The molecule has 2 aromatic carbocycles. The number of halogens is 1. The number of nitrogens with zero attached hydrogens (tertiary/aromatic N) is 2. The summed E-state index contributed by atoms with van der Waals surface area (Å²) < 4.78 is 28.4. The van der Waals surface area contributed by atoms with Crippen LogP contribution in [0.4, 0.5) is 0 Å². The molecular weight excluding hydrogens is 450 g/mol. The van der Waals surface area contributed by atoms with Gasteiger partial charge in [0.05, 0.1) is 4.90 Å². The average molecular weight is 478 g/mol. The molecule has 2 aromatic rings. The number of hydrogen-bond donors (Lipinski definition) is 1. The van der Waals surface area contributed by atoms with E-state index < -0.39 is 22.1 Å². The van der Waals surface area contributed by atoms with Crippen molar-refractivity contribution in [2.24, 2.45) is 5.92 Å². The van der Waals surface area contributed by atoms with Gasteiger partial charge in [0.1, 0.15) is 12.1 Å². The van der Waals surface area contributed by atoms with E-state index in [1.807, 2.05) is 4.90 Å². The van der Waals surface area contributed by atoms with E-state index in [0.717, 1.165) is 23.6 Å². The molecule has 9 heteroatoms. The van der Waals surface area contributed by atoms with Gasteiger partial charge in [-0.1, -0.05) is 30.7 Å². The van der Waals surface area contributed by atoms with Crippen molar-refractivity contribution in [1.82, 2.24) is 14.5 Å². The topological polar surface area (TPSA) is 86.8 Å². The summed E-state index contributed by atoms with van der Waals surface area (Å²) in [6.07, 6.45) is 2.40. The number of fused-ring (bicyclic) bond motifs is 1. The molecule has 7 nitrogen and oxygen atoms in total. The quantitative estimate of drug-likeness (QED) is 0.717. The Balaban J connectivity index is 1.45. The zero-order chi connectivity index (χ0) is 23.0. The summed E-state index contributed by atoms with van der Waals surface area (Å²) in [5.74, 6) is 0.0281. The smallest absolute Gasteiger partial charge is 0.245 e. The molecule has 1 N–H and O–H groups in total. The molecule has 172 valence electrons. The number of sulfonamides is 1. The summed E-state index contributed by atoms with van der Waals surface area (Å²) in [5.41, 5.74) is 0. The Morgan fingerprint density at radius 3 is 2.59 bits per heavy atom. The van der Waals surface area contributed by atoms with Gasteiger partial charge in [-0.3, -0.25) is 9.59 Å². The molecule has 2 saturated heterocycles. The summed E-state index contributed by atoms with van der Waals surface area (Å²) in [7, 11) is -3.90. The lowest BCUT2D eigenvalue weighted by atomic mass is 9.99. The first kappa shape index (κ1) is 23.0. The van der Waals surface area contributed by atoms with Gasteiger partial charge in [0, 0.05) is 24.7 Å². The fraction of sp³-hybridized carbons (Fsp3) is 0.478. The number of rotatable bonds is 5. The third kappa shape index (κ3) is 4.63. The number of hydrogen-bond acceptors (Lipinski definition) is 4. The molecule has 0 radical (unpaired) electrons. The van der Waals surface area contributed by atoms with Crippen LogP contribution < -0.4 is 4.72 Å². The predicted molar refractivity (Wildman–Crippen MR) is 124 cm³/mol. The van der Waals surface area contributed by atoms with Crippen LogP contribution in [0.25, 0.3) is 10.8 Å². The third-order valence-electron chi connectivity index (χ3n) is 6.41. The SMILES string of the molecule is CC1CCCN(C(=O)[C@@H](C)N2CC[C@H](NS(=O)(=O)c3ccc4cc(Cl)ccc4c3)C2=O)C1. The Morgan fingerprint density at radius 1 is 1.12 bits per heavy atom. The summed E-state index contributed by atoms with van der Waals surface area (Å²) >= 11 is 6.00. The molecule has 2 aliphatic rings. The highest BCUT2D eigenvalue weighted by Crippen LogP contribution is 2.25. The number of carbonyl (C=O) groups excluding carboxylic acids is 2. The molecule has 0 aromatic heterocycles. The third-order valence-corrected chi connectivity index (χ3v) is 8.12. The Labute approximate surface area is 193 Å². The second-order valence-electron chi connectivity index (χ2n) is 8.86. The molecule has 0 bridgehead atoms. The monoisotopic (exact) mass is 477 g/mol. The van der Waals surface area contributed by atoms with Crippen LogP contribution in [-0.2, 0) is 19.6 Å². The zero-order valence-corrected chi connectivity index (χ0v) is 19.8. The van der Waals surface area contributed by atoms with Crippen molar-refractivity contribution in [3.8, 4) is 0 Å². The minimum Gasteiger partial charge on any atom is -0.341 e. The average Bonchev–Trinajstić information content (AvgIpc) is 3.11. The maximum absolute atomic E-state index is 13.0. The van der Waals surface area contributed by atoms with Gasteiger partial charge in [0.25, 0.3) is 0 Å². The summed E-state index contributed by atoms with van der Waals surface area (Å²) in [5, 5.41) is 2.15. The summed E-state index contributed by atoms with van der Waals surface area (Å²) in [6, 6.07) is 8.50. The first-order valence-corrected chi connectivity index (χ1v) is 12.8. The van der Waals surface area contributed by atoms with E-state index in [4.69, 9.17) is 11.6 Å². The van der Waals surface area contributed by atoms with Crippen LogP contribution in [0.1, 0.15) is 33.1 Å². The van der Waals surface area contributed by atoms with Gasteiger partial charge in [-0.05, 0) is 67.1 Å². The highest BCUT2D eigenvalue weighted by Gasteiger charge is 2.40. The van der Waals surface area contributed by atoms with Gasteiger partial charge >= 0.3 is 0 Å². The second-order valence-corrected chi connectivity index (χ2v) is 11.0. The predicted octanol–water partition coefficient (Wildman–Crippen LogP) is 3.02. The van der Waals surface area contributed by atoms with E-state index in [-0.39, 0.29) is 16.7 Å². The lowest BCUT2D eigenvalue weighted by Crippen LogP contribution is -2.52. The van der Waals surface area contributed by atoms with Crippen molar-refractivity contribution >= 4 is 44.2 Å². The van der Waals surface area contributed by atoms with Crippen molar-refractivity contribution in [3.05, 3.63) is 41.4 Å². The minimum atomic E-state index is -3.90. The van der Waals surface area contributed by atoms with Crippen molar-refractivity contribution in [2.45, 2.75) is 50.1 Å². The molecule has 0 spiro atoms. The van der Waals surface area contributed by atoms with Gasteiger partial charge in [0.15, 0.2) is 0 Å². The Bertz CT molecular complexity index is 1150. The molecule has 1 unspecified atom stereocenters. The normalized spacial score (nSPS) is 23.0. The van der Waals surface area contributed by atoms with Crippen LogP contribution >= 0.6 is 11.6 Å².